The minimum absolute atomic E-state index is 0.479. The third-order valence-electron chi connectivity index (χ3n) is 3.16. The maximum Gasteiger partial charge on any atom is 0.167 e. The van der Waals surface area contributed by atoms with Crippen molar-refractivity contribution in [1.29, 1.82) is 0 Å². The molecule has 0 radical (unpaired) electrons. The average molecular weight is 336 g/mol. The van der Waals surface area contributed by atoms with E-state index in [1.165, 1.54) is 11.8 Å². The molecule has 1 aromatic carbocycles. The van der Waals surface area contributed by atoms with E-state index in [-0.39, 0.29) is 0 Å². The molecule has 0 spiro atoms. The molecule has 1 saturated heterocycles. The molecular weight excluding hydrogens is 312 g/mol. The SMILES string of the molecule is CCN=C(SC(N)=Nc1ccc(OCC)cc1)N1CCOCC1. The maximum absolute atomic E-state index is 6.08. The van der Waals surface area contributed by atoms with Gasteiger partial charge in [0.2, 0.25) is 0 Å². The molecule has 1 aliphatic heterocycles. The summed E-state index contributed by atoms with van der Waals surface area (Å²) in [6.07, 6.45) is 0. The molecule has 0 atom stereocenters. The van der Waals surface area contributed by atoms with Crippen molar-refractivity contribution in [1.82, 2.24) is 4.90 Å². The van der Waals surface area contributed by atoms with Gasteiger partial charge in [0.05, 0.1) is 25.5 Å². The van der Waals surface area contributed by atoms with E-state index in [2.05, 4.69) is 14.9 Å². The fraction of sp³-hybridized carbons (Fsp3) is 0.500. The first kappa shape index (κ1) is 17.6. The molecule has 1 heterocycles. The quantitative estimate of drug-likeness (QED) is 0.675. The molecule has 0 amide bonds. The predicted molar refractivity (Wildman–Crippen MR) is 96.9 cm³/mol. The van der Waals surface area contributed by atoms with Gasteiger partial charge in [-0.3, -0.25) is 4.99 Å². The van der Waals surface area contributed by atoms with E-state index in [4.69, 9.17) is 15.2 Å². The Kier molecular flexibility index (Phi) is 7.22. The summed E-state index contributed by atoms with van der Waals surface area (Å²) in [6.45, 7) is 8.46. The van der Waals surface area contributed by atoms with Crippen LogP contribution >= 0.6 is 11.8 Å². The first-order valence-electron chi connectivity index (χ1n) is 7.85. The van der Waals surface area contributed by atoms with Crippen LogP contribution in [-0.2, 0) is 4.74 Å². The first-order chi connectivity index (χ1) is 11.2. The molecule has 0 aliphatic carbocycles. The van der Waals surface area contributed by atoms with E-state index in [0.717, 1.165) is 49.5 Å². The second-order valence-electron chi connectivity index (χ2n) is 4.84. The van der Waals surface area contributed by atoms with Crippen LogP contribution in [0.5, 0.6) is 5.75 Å². The highest BCUT2D eigenvalue weighted by Crippen LogP contribution is 2.20. The molecule has 0 unspecified atom stereocenters. The maximum atomic E-state index is 6.08. The number of amidine groups is 2. The van der Waals surface area contributed by atoms with Gasteiger partial charge in [-0.25, -0.2) is 4.99 Å². The molecule has 6 nitrogen and oxygen atoms in total. The molecule has 0 aromatic heterocycles. The van der Waals surface area contributed by atoms with Gasteiger partial charge in [0.1, 0.15) is 5.75 Å². The number of hydrogen-bond acceptors (Lipinski definition) is 5. The number of benzene rings is 1. The van der Waals surface area contributed by atoms with Crippen LogP contribution in [0.2, 0.25) is 0 Å². The van der Waals surface area contributed by atoms with Gasteiger partial charge in [-0.1, -0.05) is 0 Å². The molecule has 1 aromatic rings. The summed E-state index contributed by atoms with van der Waals surface area (Å²) in [7, 11) is 0. The van der Waals surface area contributed by atoms with Crippen LogP contribution in [0, 0.1) is 0 Å². The Morgan fingerprint density at radius 3 is 2.57 bits per heavy atom. The van der Waals surface area contributed by atoms with E-state index < -0.39 is 0 Å². The zero-order valence-corrected chi connectivity index (χ0v) is 14.5. The summed E-state index contributed by atoms with van der Waals surface area (Å²) < 4.78 is 10.8. The largest absolute Gasteiger partial charge is 0.494 e. The molecule has 126 valence electrons. The number of thioether (sulfide) groups is 1. The molecular formula is C16H24N4O2S. The number of morpholine rings is 1. The van der Waals surface area contributed by atoms with Crippen molar-refractivity contribution >= 4 is 27.8 Å². The molecule has 0 bridgehead atoms. The van der Waals surface area contributed by atoms with Crippen LogP contribution in [-0.4, -0.2) is 54.7 Å². The average Bonchev–Trinajstić information content (AvgIpc) is 2.57. The highest BCUT2D eigenvalue weighted by atomic mass is 32.2. The number of ether oxygens (including phenoxy) is 2. The van der Waals surface area contributed by atoms with Crippen LogP contribution in [0.15, 0.2) is 34.3 Å². The fourth-order valence-electron chi connectivity index (χ4n) is 2.11. The van der Waals surface area contributed by atoms with Crippen LogP contribution in [0.3, 0.4) is 0 Å². The molecule has 1 aliphatic rings. The van der Waals surface area contributed by atoms with Gasteiger partial charge in [0.25, 0.3) is 0 Å². The third kappa shape index (κ3) is 5.76. The number of nitrogens with two attached hydrogens (primary N) is 1. The van der Waals surface area contributed by atoms with Crippen molar-refractivity contribution < 1.29 is 9.47 Å². The molecule has 2 rings (SSSR count). The lowest BCUT2D eigenvalue weighted by atomic mass is 10.3. The van der Waals surface area contributed by atoms with E-state index in [1.54, 1.807) is 0 Å². The minimum atomic E-state index is 0.479. The van der Waals surface area contributed by atoms with Crippen molar-refractivity contribution in [3.8, 4) is 5.75 Å². The van der Waals surface area contributed by atoms with E-state index in [9.17, 15) is 0 Å². The normalized spacial score (nSPS) is 16.5. The summed E-state index contributed by atoms with van der Waals surface area (Å²) in [5.74, 6) is 0.833. The summed E-state index contributed by atoms with van der Waals surface area (Å²) in [4.78, 5) is 11.2. The van der Waals surface area contributed by atoms with Crippen molar-refractivity contribution in [2.75, 3.05) is 39.5 Å². The van der Waals surface area contributed by atoms with Crippen molar-refractivity contribution in [3.63, 3.8) is 0 Å². The molecule has 1 fully saturated rings. The summed E-state index contributed by atoms with van der Waals surface area (Å²) >= 11 is 1.40. The standard InChI is InChI=1S/C16H24N4O2S/c1-3-18-16(20-9-11-21-12-10-20)23-15(17)19-13-5-7-14(8-6-13)22-4-2/h5-8H,3-4,9-12H2,1-2H3,(H2,17,19). The monoisotopic (exact) mass is 336 g/mol. The van der Waals surface area contributed by atoms with Gasteiger partial charge in [-0.2, -0.15) is 0 Å². The zero-order valence-electron chi connectivity index (χ0n) is 13.7. The van der Waals surface area contributed by atoms with Gasteiger partial charge in [-0.05, 0) is 49.9 Å². The first-order valence-corrected chi connectivity index (χ1v) is 8.66. The van der Waals surface area contributed by atoms with Gasteiger partial charge >= 0.3 is 0 Å². The Hall–Kier alpha value is -1.73. The van der Waals surface area contributed by atoms with E-state index in [1.807, 2.05) is 38.1 Å². The van der Waals surface area contributed by atoms with Crippen LogP contribution in [0.25, 0.3) is 0 Å². The molecule has 23 heavy (non-hydrogen) atoms. The molecule has 7 heteroatoms. The number of aliphatic imine (C=N–C) groups is 2. The molecule has 2 N–H and O–H groups in total. The summed E-state index contributed by atoms with van der Waals surface area (Å²) in [6, 6.07) is 7.57. The predicted octanol–water partition coefficient (Wildman–Crippen LogP) is 2.47. The Morgan fingerprint density at radius 2 is 1.96 bits per heavy atom. The Labute approximate surface area is 141 Å². The third-order valence-corrected chi connectivity index (χ3v) is 4.03. The van der Waals surface area contributed by atoms with Crippen molar-refractivity contribution in [2.24, 2.45) is 15.7 Å². The highest BCUT2D eigenvalue weighted by molar-refractivity contribution is 8.26. The van der Waals surface area contributed by atoms with Gasteiger partial charge in [-0.15, -0.1) is 0 Å². The number of rotatable bonds is 4. The highest BCUT2D eigenvalue weighted by Gasteiger charge is 2.16. The van der Waals surface area contributed by atoms with E-state index in [0.29, 0.717) is 11.8 Å². The Morgan fingerprint density at radius 1 is 1.26 bits per heavy atom. The van der Waals surface area contributed by atoms with Crippen LogP contribution < -0.4 is 10.5 Å². The van der Waals surface area contributed by atoms with Crippen molar-refractivity contribution in [2.45, 2.75) is 13.8 Å². The smallest absolute Gasteiger partial charge is 0.167 e. The van der Waals surface area contributed by atoms with Crippen LogP contribution in [0.1, 0.15) is 13.8 Å². The van der Waals surface area contributed by atoms with Gasteiger partial charge < -0.3 is 20.1 Å². The second kappa shape index (κ2) is 9.42. The zero-order chi connectivity index (χ0) is 16.5. The number of nitrogens with zero attached hydrogens (tertiary/aromatic N) is 3. The van der Waals surface area contributed by atoms with Crippen LogP contribution in [0.4, 0.5) is 5.69 Å². The van der Waals surface area contributed by atoms with Gasteiger partial charge in [0.15, 0.2) is 10.3 Å². The Bertz CT molecular complexity index is 540. The lowest BCUT2D eigenvalue weighted by molar-refractivity contribution is 0.0693. The Balaban J connectivity index is 2.02. The topological polar surface area (TPSA) is 72.4 Å². The minimum Gasteiger partial charge on any atom is -0.494 e. The summed E-state index contributed by atoms with van der Waals surface area (Å²) in [5.41, 5.74) is 6.89. The summed E-state index contributed by atoms with van der Waals surface area (Å²) in [5, 5.41) is 1.39. The van der Waals surface area contributed by atoms with E-state index >= 15 is 0 Å². The van der Waals surface area contributed by atoms with Gasteiger partial charge in [0, 0.05) is 19.6 Å². The lowest BCUT2D eigenvalue weighted by Gasteiger charge is -2.29. The van der Waals surface area contributed by atoms with Crippen molar-refractivity contribution in [3.05, 3.63) is 24.3 Å². The fourth-order valence-corrected chi connectivity index (χ4v) is 2.96. The molecule has 0 saturated carbocycles. The second-order valence-corrected chi connectivity index (χ2v) is 5.82. The number of hydrogen-bond donors (Lipinski definition) is 1. The lowest BCUT2D eigenvalue weighted by Crippen LogP contribution is -2.40.